The van der Waals surface area contributed by atoms with E-state index in [9.17, 15) is 5.26 Å². The molecule has 0 aliphatic carbocycles. The van der Waals surface area contributed by atoms with Crippen LogP contribution < -0.4 is 0 Å². The summed E-state index contributed by atoms with van der Waals surface area (Å²) in [4.78, 5) is 8.75. The highest BCUT2D eigenvalue weighted by molar-refractivity contribution is 7.98. The number of hydrogen-bond acceptors (Lipinski definition) is 5. The van der Waals surface area contributed by atoms with Crippen molar-refractivity contribution in [2.45, 2.75) is 24.6 Å². The van der Waals surface area contributed by atoms with Crippen LogP contribution in [-0.2, 0) is 5.75 Å². The zero-order valence-corrected chi connectivity index (χ0v) is 14.8. The lowest BCUT2D eigenvalue weighted by Gasteiger charge is -2.06. The zero-order chi connectivity index (χ0) is 17.1. The van der Waals surface area contributed by atoms with Crippen LogP contribution in [0.3, 0.4) is 0 Å². The SMILES string of the molecule is Cc1cc(C)c(C#N)c(SCc2ncc(-c3cccc(Cl)c3)o2)n1. The number of aryl methyl sites for hydroxylation is 2. The first-order valence-corrected chi connectivity index (χ1v) is 8.65. The average molecular weight is 356 g/mol. The van der Waals surface area contributed by atoms with Gasteiger partial charge in [-0.2, -0.15) is 5.26 Å². The van der Waals surface area contributed by atoms with Crippen molar-refractivity contribution in [3.05, 3.63) is 64.3 Å². The number of pyridine rings is 1. The molecule has 24 heavy (non-hydrogen) atoms. The van der Waals surface area contributed by atoms with E-state index in [1.54, 1.807) is 6.20 Å². The van der Waals surface area contributed by atoms with Crippen molar-refractivity contribution in [3.8, 4) is 17.4 Å². The number of hydrogen-bond donors (Lipinski definition) is 0. The molecule has 4 nitrogen and oxygen atoms in total. The van der Waals surface area contributed by atoms with Crippen LogP contribution in [-0.4, -0.2) is 9.97 Å². The summed E-state index contributed by atoms with van der Waals surface area (Å²) >= 11 is 7.45. The molecule has 2 aromatic heterocycles. The van der Waals surface area contributed by atoms with Crippen molar-refractivity contribution in [3.63, 3.8) is 0 Å². The molecule has 0 bridgehead atoms. The third kappa shape index (κ3) is 3.61. The molecule has 1 aromatic carbocycles. The molecule has 2 heterocycles. The van der Waals surface area contributed by atoms with Crippen molar-refractivity contribution >= 4 is 23.4 Å². The number of nitriles is 1. The lowest BCUT2D eigenvalue weighted by atomic mass is 10.1. The Balaban J connectivity index is 1.78. The minimum absolute atomic E-state index is 0.505. The second-order valence-electron chi connectivity index (χ2n) is 5.29. The summed E-state index contributed by atoms with van der Waals surface area (Å²) in [5, 5.41) is 10.7. The highest BCUT2D eigenvalue weighted by Gasteiger charge is 2.12. The van der Waals surface area contributed by atoms with Gasteiger partial charge in [0.25, 0.3) is 0 Å². The molecule has 0 fully saturated rings. The first-order chi connectivity index (χ1) is 11.6. The maximum Gasteiger partial charge on any atom is 0.205 e. The van der Waals surface area contributed by atoms with E-state index in [4.69, 9.17) is 16.0 Å². The molecule has 6 heteroatoms. The van der Waals surface area contributed by atoms with Crippen molar-refractivity contribution in [1.82, 2.24) is 9.97 Å². The van der Waals surface area contributed by atoms with Gasteiger partial charge in [-0.05, 0) is 37.6 Å². The van der Waals surface area contributed by atoms with E-state index in [0.717, 1.165) is 16.8 Å². The highest BCUT2D eigenvalue weighted by atomic mass is 35.5. The molecule has 3 aromatic rings. The lowest BCUT2D eigenvalue weighted by Crippen LogP contribution is -1.94. The Hall–Kier alpha value is -2.29. The van der Waals surface area contributed by atoms with Crippen LogP contribution in [0.2, 0.25) is 5.02 Å². The molecule has 0 saturated carbocycles. The van der Waals surface area contributed by atoms with Gasteiger partial charge in [-0.1, -0.05) is 35.5 Å². The molecular weight excluding hydrogens is 342 g/mol. The van der Waals surface area contributed by atoms with Crippen LogP contribution >= 0.6 is 23.4 Å². The third-order valence-corrected chi connectivity index (χ3v) is 4.61. The number of nitrogens with zero attached hydrogens (tertiary/aromatic N) is 3. The van der Waals surface area contributed by atoms with Gasteiger partial charge >= 0.3 is 0 Å². The van der Waals surface area contributed by atoms with Crippen LogP contribution in [0.15, 0.2) is 46.0 Å². The van der Waals surface area contributed by atoms with E-state index < -0.39 is 0 Å². The molecule has 120 valence electrons. The second-order valence-corrected chi connectivity index (χ2v) is 6.69. The van der Waals surface area contributed by atoms with Crippen LogP contribution in [0, 0.1) is 25.2 Å². The van der Waals surface area contributed by atoms with Gasteiger partial charge in [0.1, 0.15) is 11.1 Å². The molecule has 0 radical (unpaired) electrons. The van der Waals surface area contributed by atoms with E-state index in [1.165, 1.54) is 11.8 Å². The molecule has 0 unspecified atom stereocenters. The summed E-state index contributed by atoms with van der Waals surface area (Å²) in [7, 11) is 0. The van der Waals surface area contributed by atoms with Crippen molar-refractivity contribution in [2.24, 2.45) is 0 Å². The normalized spacial score (nSPS) is 10.6. The standard InChI is InChI=1S/C18H14ClN3OS/c1-11-6-12(2)22-18(15(11)8-20)24-10-17-21-9-16(23-17)13-4-3-5-14(19)7-13/h3-7,9H,10H2,1-2H3. The van der Waals surface area contributed by atoms with Crippen LogP contribution in [0.25, 0.3) is 11.3 Å². The van der Waals surface area contributed by atoms with Gasteiger partial charge in [-0.15, -0.1) is 0 Å². The van der Waals surface area contributed by atoms with E-state index in [0.29, 0.717) is 33.0 Å². The fraction of sp³-hybridized carbons (Fsp3) is 0.167. The summed E-state index contributed by atoms with van der Waals surface area (Å²) in [6, 6.07) is 11.6. The Morgan fingerprint density at radius 3 is 2.88 bits per heavy atom. The molecular formula is C18H14ClN3OS. The molecule has 3 rings (SSSR count). The number of thioether (sulfide) groups is 1. The molecule has 0 atom stereocenters. The molecule has 0 amide bonds. The minimum Gasteiger partial charge on any atom is -0.440 e. The van der Waals surface area contributed by atoms with Crippen molar-refractivity contribution in [2.75, 3.05) is 0 Å². The molecule has 0 N–H and O–H groups in total. The lowest BCUT2D eigenvalue weighted by molar-refractivity contribution is 0.530. The number of rotatable bonds is 4. The summed E-state index contributed by atoms with van der Waals surface area (Å²) in [6.45, 7) is 3.83. The van der Waals surface area contributed by atoms with Gasteiger partial charge in [-0.3, -0.25) is 0 Å². The third-order valence-electron chi connectivity index (χ3n) is 3.42. The first kappa shape index (κ1) is 16.6. The Bertz CT molecular complexity index is 930. The fourth-order valence-electron chi connectivity index (χ4n) is 2.33. The van der Waals surface area contributed by atoms with Gasteiger partial charge < -0.3 is 4.42 Å². The minimum atomic E-state index is 0.505. The Labute approximate surface area is 149 Å². The smallest absolute Gasteiger partial charge is 0.205 e. The Morgan fingerprint density at radius 1 is 1.29 bits per heavy atom. The van der Waals surface area contributed by atoms with E-state index in [2.05, 4.69) is 16.0 Å². The first-order valence-electron chi connectivity index (χ1n) is 7.28. The largest absolute Gasteiger partial charge is 0.440 e. The zero-order valence-electron chi connectivity index (χ0n) is 13.2. The number of benzene rings is 1. The maximum absolute atomic E-state index is 9.31. The second kappa shape index (κ2) is 7.08. The van der Waals surface area contributed by atoms with E-state index in [-0.39, 0.29) is 0 Å². The van der Waals surface area contributed by atoms with Crippen molar-refractivity contribution in [1.29, 1.82) is 5.26 Å². The molecule has 0 aliphatic rings. The Kier molecular flexibility index (Phi) is 4.89. The van der Waals surface area contributed by atoms with Gasteiger partial charge in [0.2, 0.25) is 5.89 Å². The van der Waals surface area contributed by atoms with Crippen LogP contribution in [0.4, 0.5) is 0 Å². The van der Waals surface area contributed by atoms with Gasteiger partial charge in [-0.25, -0.2) is 9.97 Å². The van der Waals surface area contributed by atoms with Crippen LogP contribution in [0.5, 0.6) is 0 Å². The molecule has 0 spiro atoms. The predicted molar refractivity (Wildman–Crippen MR) is 94.9 cm³/mol. The highest BCUT2D eigenvalue weighted by Crippen LogP contribution is 2.29. The quantitative estimate of drug-likeness (QED) is 0.604. The number of oxazole rings is 1. The summed E-state index contributed by atoms with van der Waals surface area (Å²) in [5.74, 6) is 1.76. The molecule has 0 saturated heterocycles. The number of halogens is 1. The topological polar surface area (TPSA) is 62.7 Å². The average Bonchev–Trinajstić information content (AvgIpc) is 3.01. The van der Waals surface area contributed by atoms with Gasteiger partial charge in [0, 0.05) is 16.3 Å². The molecule has 0 aliphatic heterocycles. The van der Waals surface area contributed by atoms with Gasteiger partial charge in [0.15, 0.2) is 5.76 Å². The monoisotopic (exact) mass is 355 g/mol. The summed E-state index contributed by atoms with van der Waals surface area (Å²) in [5.41, 5.74) is 3.31. The fourth-order valence-corrected chi connectivity index (χ4v) is 3.47. The summed E-state index contributed by atoms with van der Waals surface area (Å²) in [6.07, 6.45) is 1.68. The maximum atomic E-state index is 9.31. The van der Waals surface area contributed by atoms with Gasteiger partial charge in [0.05, 0.1) is 17.5 Å². The van der Waals surface area contributed by atoms with Crippen molar-refractivity contribution < 1.29 is 4.42 Å². The van der Waals surface area contributed by atoms with E-state index >= 15 is 0 Å². The summed E-state index contributed by atoms with van der Waals surface area (Å²) < 4.78 is 5.78. The predicted octanol–water partition coefficient (Wildman–Crippen LogP) is 5.17. The Morgan fingerprint density at radius 2 is 2.12 bits per heavy atom. The van der Waals surface area contributed by atoms with Crippen LogP contribution in [0.1, 0.15) is 22.7 Å². The number of aromatic nitrogens is 2. The van der Waals surface area contributed by atoms with E-state index in [1.807, 2.05) is 44.2 Å².